The first kappa shape index (κ1) is 23.3. The van der Waals surface area contributed by atoms with Gasteiger partial charge in [-0.2, -0.15) is 5.26 Å². The second-order valence-electron chi connectivity index (χ2n) is 7.47. The SMILES string of the molecule is CCOc1cccc(NC(=O)/C(C#N)=C\c2cc(C)n(-c3ccc(C)c([N+](=O)[O-])c3)c2C)c1. The summed E-state index contributed by atoms with van der Waals surface area (Å²) in [6.07, 6.45) is 1.52. The van der Waals surface area contributed by atoms with Crippen molar-refractivity contribution >= 4 is 23.4 Å². The largest absolute Gasteiger partial charge is 0.494 e. The van der Waals surface area contributed by atoms with Crippen molar-refractivity contribution < 1.29 is 14.5 Å². The first-order valence-electron chi connectivity index (χ1n) is 10.4. The van der Waals surface area contributed by atoms with Crippen molar-refractivity contribution in [3.63, 3.8) is 0 Å². The number of hydrogen-bond acceptors (Lipinski definition) is 5. The molecule has 1 aromatic heterocycles. The highest BCUT2D eigenvalue weighted by Crippen LogP contribution is 2.27. The Morgan fingerprint density at radius 3 is 2.64 bits per heavy atom. The fourth-order valence-electron chi connectivity index (χ4n) is 3.60. The van der Waals surface area contributed by atoms with Gasteiger partial charge in [0, 0.05) is 34.8 Å². The molecule has 0 aliphatic rings. The molecule has 0 radical (unpaired) electrons. The van der Waals surface area contributed by atoms with Gasteiger partial charge in [-0.05, 0) is 63.6 Å². The molecular weight excluding hydrogens is 420 g/mol. The molecule has 0 unspecified atom stereocenters. The van der Waals surface area contributed by atoms with Gasteiger partial charge >= 0.3 is 0 Å². The number of hydrogen-bond donors (Lipinski definition) is 1. The van der Waals surface area contributed by atoms with E-state index in [0.717, 1.165) is 11.4 Å². The number of nitrogens with one attached hydrogen (secondary N) is 1. The predicted molar refractivity (Wildman–Crippen MR) is 126 cm³/mol. The molecule has 0 aliphatic carbocycles. The van der Waals surface area contributed by atoms with E-state index in [4.69, 9.17) is 4.74 Å². The molecule has 1 amide bonds. The predicted octanol–water partition coefficient (Wildman–Crippen LogP) is 5.26. The average Bonchev–Trinajstić information content (AvgIpc) is 3.05. The highest BCUT2D eigenvalue weighted by Gasteiger charge is 2.17. The van der Waals surface area contributed by atoms with Gasteiger partial charge in [0.2, 0.25) is 0 Å². The van der Waals surface area contributed by atoms with Gasteiger partial charge in [0.15, 0.2) is 0 Å². The normalized spacial score (nSPS) is 11.1. The molecule has 0 fully saturated rings. The number of nitriles is 1. The van der Waals surface area contributed by atoms with E-state index in [1.54, 1.807) is 43.3 Å². The van der Waals surface area contributed by atoms with Gasteiger partial charge in [-0.25, -0.2) is 0 Å². The van der Waals surface area contributed by atoms with E-state index < -0.39 is 10.8 Å². The van der Waals surface area contributed by atoms with Gasteiger partial charge in [-0.3, -0.25) is 14.9 Å². The van der Waals surface area contributed by atoms with Gasteiger partial charge < -0.3 is 14.6 Å². The lowest BCUT2D eigenvalue weighted by Crippen LogP contribution is -2.13. The quantitative estimate of drug-likeness (QED) is 0.231. The Hall–Kier alpha value is -4.38. The van der Waals surface area contributed by atoms with Crippen molar-refractivity contribution in [3.8, 4) is 17.5 Å². The van der Waals surface area contributed by atoms with Crippen molar-refractivity contribution in [3.05, 3.63) is 86.7 Å². The number of carbonyl (C=O) groups is 1. The Labute approximate surface area is 191 Å². The van der Waals surface area contributed by atoms with E-state index in [1.165, 1.54) is 12.1 Å². The Morgan fingerprint density at radius 2 is 1.97 bits per heavy atom. The van der Waals surface area contributed by atoms with Crippen molar-refractivity contribution in [1.82, 2.24) is 4.57 Å². The number of ether oxygens (including phenoxy) is 1. The monoisotopic (exact) mass is 444 g/mol. The van der Waals surface area contributed by atoms with Gasteiger partial charge in [0.25, 0.3) is 11.6 Å². The lowest BCUT2D eigenvalue weighted by atomic mass is 10.1. The number of carbonyl (C=O) groups excluding carboxylic acids is 1. The Kier molecular flexibility index (Phi) is 6.94. The molecule has 1 N–H and O–H groups in total. The van der Waals surface area contributed by atoms with E-state index in [-0.39, 0.29) is 11.3 Å². The minimum absolute atomic E-state index is 0.0310. The van der Waals surface area contributed by atoms with E-state index >= 15 is 0 Å². The molecule has 2 aromatic carbocycles. The summed E-state index contributed by atoms with van der Waals surface area (Å²) in [6.45, 7) is 7.76. The zero-order chi connectivity index (χ0) is 24.1. The number of amides is 1. The number of nitro groups is 1. The third-order valence-electron chi connectivity index (χ3n) is 5.19. The maximum atomic E-state index is 12.7. The highest BCUT2D eigenvalue weighted by molar-refractivity contribution is 6.09. The summed E-state index contributed by atoms with van der Waals surface area (Å²) < 4.78 is 7.30. The van der Waals surface area contributed by atoms with Crippen LogP contribution in [0.15, 0.2) is 54.1 Å². The minimum Gasteiger partial charge on any atom is -0.494 e. The minimum atomic E-state index is -0.540. The third kappa shape index (κ3) is 5.10. The molecule has 0 saturated carbocycles. The second kappa shape index (κ2) is 9.83. The Morgan fingerprint density at radius 1 is 1.21 bits per heavy atom. The topological polar surface area (TPSA) is 110 Å². The average molecular weight is 444 g/mol. The van der Waals surface area contributed by atoms with Crippen molar-refractivity contribution in [2.45, 2.75) is 27.7 Å². The summed E-state index contributed by atoms with van der Waals surface area (Å²) in [5, 5.41) is 23.7. The zero-order valence-electron chi connectivity index (χ0n) is 18.9. The lowest BCUT2D eigenvalue weighted by molar-refractivity contribution is -0.385. The second-order valence-corrected chi connectivity index (χ2v) is 7.47. The molecule has 0 saturated heterocycles. The summed E-state index contributed by atoms with van der Waals surface area (Å²) >= 11 is 0. The third-order valence-corrected chi connectivity index (χ3v) is 5.19. The van der Waals surface area contributed by atoms with Gasteiger partial charge in [0.1, 0.15) is 17.4 Å². The standard InChI is InChI=1S/C25H24N4O4/c1-5-33-23-8-6-7-21(13-23)27-25(30)20(15-26)12-19-11-17(3)28(18(19)4)22-10-9-16(2)24(14-22)29(31)32/h6-14H,5H2,1-4H3,(H,27,30)/b20-12-. The van der Waals surface area contributed by atoms with Gasteiger partial charge in [-0.15, -0.1) is 0 Å². The van der Waals surface area contributed by atoms with Crippen LogP contribution in [0.3, 0.4) is 0 Å². The summed E-state index contributed by atoms with van der Waals surface area (Å²) in [6, 6.07) is 15.8. The number of aromatic nitrogens is 1. The number of benzene rings is 2. The van der Waals surface area contributed by atoms with E-state index in [2.05, 4.69) is 5.32 Å². The number of aryl methyl sites for hydroxylation is 2. The van der Waals surface area contributed by atoms with Crippen LogP contribution in [-0.4, -0.2) is 22.0 Å². The Bertz CT molecular complexity index is 1300. The van der Waals surface area contributed by atoms with Crippen molar-refractivity contribution in [2.24, 2.45) is 0 Å². The Balaban J connectivity index is 1.93. The first-order chi connectivity index (χ1) is 15.7. The van der Waals surface area contributed by atoms with Crippen LogP contribution in [0.1, 0.15) is 29.4 Å². The summed E-state index contributed by atoms with van der Waals surface area (Å²) in [7, 11) is 0. The molecule has 3 aromatic rings. The highest BCUT2D eigenvalue weighted by atomic mass is 16.6. The molecule has 0 spiro atoms. The van der Waals surface area contributed by atoms with Crippen LogP contribution in [0, 0.1) is 42.2 Å². The molecule has 1 heterocycles. The molecule has 168 valence electrons. The molecule has 8 heteroatoms. The smallest absolute Gasteiger partial charge is 0.274 e. The first-order valence-corrected chi connectivity index (χ1v) is 10.4. The van der Waals surface area contributed by atoms with Crippen LogP contribution in [0.4, 0.5) is 11.4 Å². The molecule has 0 atom stereocenters. The van der Waals surface area contributed by atoms with Crippen molar-refractivity contribution in [1.29, 1.82) is 5.26 Å². The number of nitrogens with zero attached hydrogens (tertiary/aromatic N) is 3. The molecule has 3 rings (SSSR count). The van der Waals surface area contributed by atoms with E-state index in [1.807, 2.05) is 37.5 Å². The van der Waals surface area contributed by atoms with Crippen LogP contribution in [0.5, 0.6) is 5.75 Å². The van der Waals surface area contributed by atoms with Gasteiger partial charge in [-0.1, -0.05) is 12.1 Å². The van der Waals surface area contributed by atoms with Crippen LogP contribution < -0.4 is 10.1 Å². The number of nitro benzene ring substituents is 1. The molecular formula is C25H24N4O4. The molecule has 0 aliphatic heterocycles. The van der Waals surface area contributed by atoms with Crippen LogP contribution in [0.2, 0.25) is 0 Å². The maximum Gasteiger partial charge on any atom is 0.274 e. The summed E-state index contributed by atoms with van der Waals surface area (Å²) in [4.78, 5) is 23.7. The number of anilines is 1. The summed E-state index contributed by atoms with van der Waals surface area (Å²) in [5.41, 5.74) is 3.94. The van der Waals surface area contributed by atoms with Gasteiger partial charge in [0.05, 0.1) is 17.2 Å². The van der Waals surface area contributed by atoms with Crippen LogP contribution in [0.25, 0.3) is 11.8 Å². The number of rotatable bonds is 7. The fraction of sp³-hybridized carbons (Fsp3) is 0.200. The van der Waals surface area contributed by atoms with Crippen molar-refractivity contribution in [2.75, 3.05) is 11.9 Å². The van der Waals surface area contributed by atoms with Crippen LogP contribution >= 0.6 is 0 Å². The van der Waals surface area contributed by atoms with Crippen LogP contribution in [-0.2, 0) is 4.79 Å². The zero-order valence-corrected chi connectivity index (χ0v) is 18.9. The molecule has 33 heavy (non-hydrogen) atoms. The van der Waals surface area contributed by atoms with E-state index in [9.17, 15) is 20.2 Å². The molecule has 8 nitrogen and oxygen atoms in total. The van der Waals surface area contributed by atoms with E-state index in [0.29, 0.717) is 34.9 Å². The lowest BCUT2D eigenvalue weighted by Gasteiger charge is -2.10. The maximum absolute atomic E-state index is 12.7. The summed E-state index contributed by atoms with van der Waals surface area (Å²) in [5.74, 6) is 0.0791. The molecule has 0 bridgehead atoms. The fourth-order valence-corrected chi connectivity index (χ4v) is 3.60.